The molecule has 5 amide bonds. The van der Waals surface area contributed by atoms with Crippen LogP contribution in [0.15, 0.2) is 30.3 Å². The van der Waals surface area contributed by atoms with E-state index in [1.165, 1.54) is 28.8 Å². The summed E-state index contributed by atoms with van der Waals surface area (Å²) in [5.41, 5.74) is 0.821. The number of carbonyl (C=O) groups excluding carboxylic acids is 6. The zero-order valence-electron chi connectivity index (χ0n) is 30.0. The maximum Gasteiger partial charge on any atom is 0.329 e. The van der Waals surface area contributed by atoms with E-state index in [2.05, 4.69) is 10.6 Å². The van der Waals surface area contributed by atoms with Crippen LogP contribution in [0.1, 0.15) is 73.3 Å². The molecule has 2 heterocycles. The lowest BCUT2D eigenvalue weighted by atomic mass is 9.95. The Labute approximate surface area is 285 Å². The van der Waals surface area contributed by atoms with Crippen molar-refractivity contribution in [2.75, 3.05) is 27.2 Å². The molecule has 266 valence electrons. The zero-order chi connectivity index (χ0) is 35.9. The molecule has 0 aromatic heterocycles. The van der Waals surface area contributed by atoms with Gasteiger partial charge in [0.15, 0.2) is 6.10 Å². The van der Waals surface area contributed by atoms with Gasteiger partial charge in [0.2, 0.25) is 23.6 Å². The molecule has 2 saturated heterocycles. The molecule has 6 atom stereocenters. The van der Waals surface area contributed by atoms with Crippen molar-refractivity contribution in [3.63, 3.8) is 0 Å². The summed E-state index contributed by atoms with van der Waals surface area (Å²) in [6, 6.07) is 5.44. The standard InChI is InChI=1S/C36H55N5O7/c1-21(2)19-27-34(45)40(9)30(23(5)6)35(46)39(8)29(22(3)4)33(44)38-26(20-25-13-11-10-12-14-25)32(43)37-17-15-28(42)41-18-16-24(7)31(41)36(47)48-27/h10-14,21-24,26-27,29-31H,15-20H2,1-9H3,(H,37,43)(H,38,44)/t24-,26+,27+,29+,30+,31+/m0/s1. The second-order valence-electron chi connectivity index (χ2n) is 14.4. The summed E-state index contributed by atoms with van der Waals surface area (Å²) < 4.78 is 5.91. The molecule has 0 saturated carbocycles. The highest BCUT2D eigenvalue weighted by molar-refractivity contribution is 5.95. The summed E-state index contributed by atoms with van der Waals surface area (Å²) in [4.78, 5) is 87.1. The van der Waals surface area contributed by atoms with E-state index >= 15 is 0 Å². The summed E-state index contributed by atoms with van der Waals surface area (Å²) in [7, 11) is 3.05. The van der Waals surface area contributed by atoms with Crippen LogP contribution in [-0.2, 0) is 39.9 Å². The minimum absolute atomic E-state index is 0.00715. The number of amides is 5. The second kappa shape index (κ2) is 16.9. The highest BCUT2D eigenvalue weighted by Gasteiger charge is 2.44. The lowest BCUT2D eigenvalue weighted by molar-refractivity contribution is -0.169. The van der Waals surface area contributed by atoms with Crippen LogP contribution in [0.25, 0.3) is 0 Å². The summed E-state index contributed by atoms with van der Waals surface area (Å²) in [5, 5.41) is 5.68. The van der Waals surface area contributed by atoms with Gasteiger partial charge < -0.3 is 30.1 Å². The van der Waals surface area contributed by atoms with Gasteiger partial charge in [0.1, 0.15) is 24.2 Å². The third-order valence-electron chi connectivity index (χ3n) is 9.35. The van der Waals surface area contributed by atoms with Crippen molar-refractivity contribution in [2.24, 2.45) is 23.7 Å². The van der Waals surface area contributed by atoms with Gasteiger partial charge in [0.25, 0.3) is 5.91 Å². The van der Waals surface area contributed by atoms with E-state index < -0.39 is 59.9 Å². The number of nitrogens with zero attached hydrogens (tertiary/aromatic N) is 3. The van der Waals surface area contributed by atoms with Crippen molar-refractivity contribution in [1.29, 1.82) is 0 Å². The molecule has 12 heteroatoms. The average molecular weight is 670 g/mol. The molecule has 1 aromatic carbocycles. The number of esters is 1. The topological polar surface area (TPSA) is 145 Å². The van der Waals surface area contributed by atoms with E-state index in [1.54, 1.807) is 0 Å². The Morgan fingerprint density at radius 2 is 1.44 bits per heavy atom. The van der Waals surface area contributed by atoms with E-state index in [9.17, 15) is 28.8 Å². The Morgan fingerprint density at radius 1 is 0.833 bits per heavy atom. The monoisotopic (exact) mass is 669 g/mol. The number of nitrogens with one attached hydrogen (secondary N) is 2. The van der Waals surface area contributed by atoms with Gasteiger partial charge in [0.05, 0.1) is 0 Å². The van der Waals surface area contributed by atoms with E-state index in [0.29, 0.717) is 13.0 Å². The summed E-state index contributed by atoms with van der Waals surface area (Å²) in [6.45, 7) is 13.3. The minimum Gasteiger partial charge on any atom is -0.451 e. The van der Waals surface area contributed by atoms with Crippen LogP contribution in [0.2, 0.25) is 0 Å². The van der Waals surface area contributed by atoms with Gasteiger partial charge in [-0.15, -0.1) is 0 Å². The largest absolute Gasteiger partial charge is 0.451 e. The molecular weight excluding hydrogens is 614 g/mol. The molecule has 48 heavy (non-hydrogen) atoms. The van der Waals surface area contributed by atoms with Crippen LogP contribution in [0.4, 0.5) is 0 Å². The smallest absolute Gasteiger partial charge is 0.329 e. The molecule has 0 radical (unpaired) electrons. The molecule has 2 fully saturated rings. The van der Waals surface area contributed by atoms with E-state index in [0.717, 1.165) is 5.56 Å². The van der Waals surface area contributed by atoms with Crippen molar-refractivity contribution in [3.05, 3.63) is 35.9 Å². The van der Waals surface area contributed by atoms with Gasteiger partial charge in [-0.2, -0.15) is 0 Å². The van der Waals surface area contributed by atoms with Gasteiger partial charge in [-0.3, -0.25) is 24.0 Å². The molecular formula is C36H55N5O7. The van der Waals surface area contributed by atoms with Crippen molar-refractivity contribution in [1.82, 2.24) is 25.3 Å². The maximum atomic E-state index is 14.2. The first-order chi connectivity index (χ1) is 22.5. The van der Waals surface area contributed by atoms with Gasteiger partial charge in [-0.05, 0) is 42.1 Å². The number of carbonyl (C=O) groups is 6. The van der Waals surface area contributed by atoms with E-state index in [1.807, 2.05) is 78.8 Å². The summed E-state index contributed by atoms with van der Waals surface area (Å²) in [6.07, 6.45) is -0.234. The van der Waals surface area contributed by atoms with Gasteiger partial charge in [-0.1, -0.05) is 78.8 Å². The quantitative estimate of drug-likeness (QED) is 0.443. The normalized spacial score (nSPS) is 27.5. The molecule has 2 aliphatic heterocycles. The number of hydrogen-bond donors (Lipinski definition) is 2. The van der Waals surface area contributed by atoms with Crippen LogP contribution in [0.3, 0.4) is 0 Å². The van der Waals surface area contributed by atoms with Crippen molar-refractivity contribution in [2.45, 2.75) is 104 Å². The highest BCUT2D eigenvalue weighted by Crippen LogP contribution is 2.28. The lowest BCUT2D eigenvalue weighted by Gasteiger charge is -2.39. The van der Waals surface area contributed by atoms with Crippen molar-refractivity contribution in [3.8, 4) is 0 Å². The second-order valence-corrected chi connectivity index (χ2v) is 14.4. The van der Waals surface area contributed by atoms with Crippen LogP contribution in [0, 0.1) is 23.7 Å². The average Bonchev–Trinajstić information content (AvgIpc) is 3.40. The predicted molar refractivity (Wildman–Crippen MR) is 181 cm³/mol. The zero-order valence-corrected chi connectivity index (χ0v) is 30.0. The fourth-order valence-corrected chi connectivity index (χ4v) is 6.83. The number of likely N-dealkylation sites (N-methyl/N-ethyl adjacent to an activating group) is 2. The van der Waals surface area contributed by atoms with E-state index in [-0.39, 0.29) is 55.4 Å². The van der Waals surface area contributed by atoms with E-state index in [4.69, 9.17) is 4.74 Å². The van der Waals surface area contributed by atoms with Crippen LogP contribution in [0.5, 0.6) is 0 Å². The first-order valence-corrected chi connectivity index (χ1v) is 17.2. The third-order valence-corrected chi connectivity index (χ3v) is 9.35. The predicted octanol–water partition coefficient (Wildman–Crippen LogP) is 2.39. The summed E-state index contributed by atoms with van der Waals surface area (Å²) >= 11 is 0. The molecule has 12 nitrogen and oxygen atoms in total. The molecule has 3 rings (SSSR count). The van der Waals surface area contributed by atoms with Crippen LogP contribution >= 0.6 is 0 Å². The number of fused-ring (bicyclic) bond motifs is 1. The minimum atomic E-state index is -1.17. The number of cyclic esters (lactones) is 1. The molecule has 0 bridgehead atoms. The number of benzene rings is 1. The maximum absolute atomic E-state index is 14.2. The van der Waals surface area contributed by atoms with Gasteiger partial charge in [0, 0.05) is 40.0 Å². The number of hydrogen-bond acceptors (Lipinski definition) is 7. The summed E-state index contributed by atoms with van der Waals surface area (Å²) in [5.74, 6) is -3.85. The molecule has 0 aliphatic carbocycles. The molecule has 2 N–H and O–H groups in total. The first kappa shape index (κ1) is 38.5. The number of ether oxygens (including phenoxy) is 1. The van der Waals surface area contributed by atoms with Crippen molar-refractivity contribution < 1.29 is 33.5 Å². The Bertz CT molecular complexity index is 1320. The van der Waals surface area contributed by atoms with Crippen molar-refractivity contribution >= 4 is 35.5 Å². The molecule has 0 spiro atoms. The lowest BCUT2D eigenvalue weighted by Crippen LogP contribution is -2.60. The highest BCUT2D eigenvalue weighted by atomic mass is 16.6. The fourth-order valence-electron chi connectivity index (χ4n) is 6.83. The SMILES string of the molecule is CC(C)C[C@H]1OC(=O)[C@H]2[C@@H](C)CCN2C(=O)CCNC(=O)[C@@H](Cc2ccccc2)NC(=O)[C@@H](C(C)C)N(C)C(=O)[C@@H](C(C)C)N(C)C1=O. The Kier molecular flexibility index (Phi) is 13.6. The van der Waals surface area contributed by atoms with Gasteiger partial charge >= 0.3 is 5.97 Å². The van der Waals surface area contributed by atoms with Crippen LogP contribution < -0.4 is 10.6 Å². The third kappa shape index (κ3) is 9.35. The Morgan fingerprint density at radius 3 is 2.02 bits per heavy atom. The number of rotatable bonds is 6. The Balaban J connectivity index is 2.07. The molecule has 2 aliphatic rings. The van der Waals surface area contributed by atoms with Crippen LogP contribution in [-0.4, -0.2) is 108 Å². The molecule has 0 unspecified atom stereocenters. The Hall–Kier alpha value is -3.96. The van der Waals surface area contributed by atoms with Gasteiger partial charge in [-0.25, -0.2) is 4.79 Å². The fraction of sp³-hybridized carbons (Fsp3) is 0.667. The first-order valence-electron chi connectivity index (χ1n) is 17.2. The molecule has 1 aromatic rings.